The SMILES string of the molecule is C[CH-]OC.[Re].[Rf]. The van der Waals surface area contributed by atoms with Crippen molar-refractivity contribution >= 4 is 0 Å². The third-order valence-corrected chi connectivity index (χ3v) is 0.236. The first-order valence-corrected chi connectivity index (χ1v) is 1.22. The number of rotatable bonds is 1. The van der Waals surface area contributed by atoms with Crippen LogP contribution in [-0.4, -0.2) is 7.11 Å². The maximum absolute atomic E-state index is 4.42. The Morgan fingerprint density at radius 2 is 1.67 bits per heavy atom. The van der Waals surface area contributed by atoms with Gasteiger partial charge in [0.1, 0.15) is 0 Å². The molecule has 0 fully saturated rings. The molecule has 0 rings (SSSR count). The van der Waals surface area contributed by atoms with Crippen LogP contribution in [-0.2, 0) is 25.2 Å². The van der Waals surface area contributed by atoms with Gasteiger partial charge in [0.15, 0.2) is 0 Å². The van der Waals surface area contributed by atoms with Crippen LogP contribution in [0.1, 0.15) is 6.92 Å². The van der Waals surface area contributed by atoms with E-state index in [1.807, 2.05) is 6.92 Å². The zero-order chi connectivity index (χ0) is 3.41. The van der Waals surface area contributed by atoms with Crippen LogP contribution in [0.5, 0.6) is 0 Å². The molecule has 1 nitrogen and oxygen atoms in total. The standard InChI is InChI=1S/C3H7O.Re.Rf/c1-3-4-2;;/h3H,1-2H3;;/q-1;;. The van der Waals surface area contributed by atoms with Gasteiger partial charge in [-0.25, -0.2) is 6.61 Å². The van der Waals surface area contributed by atoms with Gasteiger partial charge >= 0.3 is 0 Å². The van der Waals surface area contributed by atoms with Gasteiger partial charge < -0.3 is 4.74 Å². The Hall–Kier alpha value is -0.378. The maximum atomic E-state index is 4.42. The number of ether oxygens (including phenoxy) is 1. The summed E-state index contributed by atoms with van der Waals surface area (Å²) in [6.45, 7) is 3.46. The summed E-state index contributed by atoms with van der Waals surface area (Å²) in [4.78, 5) is 0. The monoisotopic (exact) mass is 513 g/mol. The second-order valence-electron chi connectivity index (χ2n) is 0.471. The number of hydrogen-bond acceptors (Lipinski definition) is 1. The van der Waals surface area contributed by atoms with E-state index in [4.69, 9.17) is 0 Å². The van der Waals surface area contributed by atoms with Gasteiger partial charge in [0, 0.05) is 20.4 Å². The summed E-state index contributed by atoms with van der Waals surface area (Å²) in [6, 6.07) is 0. The minimum atomic E-state index is 0. The summed E-state index contributed by atoms with van der Waals surface area (Å²) < 4.78 is 4.42. The van der Waals surface area contributed by atoms with Crippen molar-refractivity contribution in [3.63, 3.8) is 0 Å². The zero-order valence-corrected chi connectivity index (χ0v) is 13.2. The minimum absolute atomic E-state index is 0. The van der Waals surface area contributed by atoms with Crippen LogP contribution in [0.4, 0.5) is 0 Å². The van der Waals surface area contributed by atoms with Crippen molar-refractivity contribution in [2.75, 3.05) is 7.11 Å². The minimum Gasteiger partial charge on any atom is -0.555 e. The molecule has 0 bridgehead atoms. The number of hydrogen-bond donors (Lipinski definition) is 0. The first kappa shape index (κ1) is 17.5. The van der Waals surface area contributed by atoms with E-state index in [0.29, 0.717) is 0 Å². The van der Waals surface area contributed by atoms with Gasteiger partial charge in [0.05, 0.1) is 0 Å². The fourth-order valence-corrected chi connectivity index (χ4v) is 0. The molecule has 6 heavy (non-hydrogen) atoms. The summed E-state index contributed by atoms with van der Waals surface area (Å²) in [5, 5.41) is 0. The molecule has 0 N–H and O–H groups in total. The third-order valence-electron chi connectivity index (χ3n) is 0.236. The van der Waals surface area contributed by atoms with Crippen LogP contribution in [0.15, 0.2) is 0 Å². The van der Waals surface area contributed by atoms with Gasteiger partial charge in [-0.05, 0) is 7.11 Å². The van der Waals surface area contributed by atoms with Crippen LogP contribution < -0.4 is 0 Å². The van der Waals surface area contributed by atoms with Gasteiger partial charge in [-0.1, -0.05) is 0 Å². The summed E-state index contributed by atoms with van der Waals surface area (Å²) in [7, 11) is 1.62. The normalized spacial score (nSPS) is 5.00. The average Bonchev–Trinajstić information content (AvgIpc) is 1.37. The maximum Gasteiger partial charge on any atom is 0 e. The van der Waals surface area contributed by atoms with Crippen LogP contribution in [0, 0.1) is 6.61 Å². The summed E-state index contributed by atoms with van der Waals surface area (Å²) in [5.41, 5.74) is 0. The molecule has 0 unspecified atom stereocenters. The molecule has 0 aliphatic rings. The van der Waals surface area contributed by atoms with E-state index in [2.05, 4.69) is 4.74 Å². The zero-order valence-electron chi connectivity index (χ0n) is 4.07. The van der Waals surface area contributed by atoms with Gasteiger partial charge in [-0.15, -0.1) is 0 Å². The van der Waals surface area contributed by atoms with Gasteiger partial charge in [-0.2, -0.15) is 6.92 Å². The van der Waals surface area contributed by atoms with E-state index in [1.165, 1.54) is 0 Å². The molecule has 0 aromatic heterocycles. The Morgan fingerprint density at radius 3 is 1.67 bits per heavy atom. The summed E-state index contributed by atoms with van der Waals surface area (Å²) in [6.07, 6.45) is 0. The predicted octanol–water partition coefficient (Wildman–Crippen LogP) is 0.812. The first-order chi connectivity index (χ1) is 1.91. The second-order valence-corrected chi connectivity index (χ2v) is 0.471. The molecule has 0 aliphatic heterocycles. The largest absolute Gasteiger partial charge is 0.555 e. The first-order valence-electron chi connectivity index (χ1n) is 1.22. The van der Waals surface area contributed by atoms with Crippen LogP contribution in [0.3, 0.4) is 0 Å². The molecular formula is C3H7OReRf-. The molecule has 0 aliphatic carbocycles. The molecule has 0 aromatic carbocycles. The van der Waals surface area contributed by atoms with Crippen molar-refractivity contribution in [1.82, 2.24) is 0 Å². The predicted molar refractivity (Wildman–Crippen MR) is 17.0 cm³/mol. The summed E-state index contributed by atoms with van der Waals surface area (Å²) in [5.74, 6) is 0. The van der Waals surface area contributed by atoms with E-state index < -0.39 is 0 Å². The van der Waals surface area contributed by atoms with Crippen molar-refractivity contribution in [3.8, 4) is 0 Å². The smallest absolute Gasteiger partial charge is 0 e. The Kier molecular flexibility index (Phi) is 67.1. The van der Waals surface area contributed by atoms with E-state index in [1.54, 1.807) is 13.7 Å². The molecule has 0 saturated heterocycles. The number of methoxy groups -OCH3 is 1. The average molecular weight is 512 g/mol. The third kappa shape index (κ3) is 64.3. The van der Waals surface area contributed by atoms with Gasteiger partial charge in [0.2, 0.25) is 0 Å². The summed E-state index contributed by atoms with van der Waals surface area (Å²) >= 11 is 0. The molecule has 0 saturated carbocycles. The second kappa shape index (κ2) is 23.0. The van der Waals surface area contributed by atoms with Crippen molar-refractivity contribution in [3.05, 3.63) is 6.61 Å². The molecule has 0 amide bonds. The molecule has 3 heteroatoms. The molecule has 0 atom stereocenters. The van der Waals surface area contributed by atoms with Gasteiger partial charge in [0.25, 0.3) is 0 Å². The van der Waals surface area contributed by atoms with Crippen LogP contribution >= 0.6 is 0 Å². The molecule has 1 radical (unpaired) electrons. The molecule has 35 valence electrons. The Bertz CT molecular complexity index is 12.8. The van der Waals surface area contributed by atoms with E-state index in [9.17, 15) is 0 Å². The fraction of sp³-hybridized carbons (Fsp3) is 0.667. The molecule has 0 spiro atoms. The Morgan fingerprint density at radius 1 is 1.50 bits per heavy atom. The fourth-order valence-electron chi connectivity index (χ4n) is 0. The molecule has 0 aromatic rings. The van der Waals surface area contributed by atoms with E-state index >= 15 is 0 Å². The van der Waals surface area contributed by atoms with Crippen molar-refractivity contribution in [1.29, 1.82) is 0 Å². The van der Waals surface area contributed by atoms with Crippen molar-refractivity contribution < 1.29 is 25.2 Å². The van der Waals surface area contributed by atoms with E-state index in [0.717, 1.165) is 0 Å². The van der Waals surface area contributed by atoms with Crippen LogP contribution in [0.25, 0.3) is 0 Å². The van der Waals surface area contributed by atoms with Gasteiger partial charge in [-0.3, -0.25) is 0 Å². The van der Waals surface area contributed by atoms with Crippen LogP contribution in [0.2, 0.25) is 0 Å². The topological polar surface area (TPSA) is 9.23 Å². The Balaban J connectivity index is -0.0000000450. The quantitative estimate of drug-likeness (QED) is 0.473. The Labute approximate surface area is 46.4 Å². The van der Waals surface area contributed by atoms with Crippen molar-refractivity contribution in [2.45, 2.75) is 6.92 Å². The van der Waals surface area contributed by atoms with E-state index in [-0.39, 0.29) is 20.4 Å². The molecular weight excluding hydrogens is 505 g/mol. The van der Waals surface area contributed by atoms with Crippen molar-refractivity contribution in [2.24, 2.45) is 0 Å². The molecule has 0 heterocycles.